The number of sulfonamides is 1. The van der Waals surface area contributed by atoms with Gasteiger partial charge in [0.05, 0.1) is 5.56 Å². The first kappa shape index (κ1) is 14.6. The highest BCUT2D eigenvalue weighted by Crippen LogP contribution is 2.17. The normalized spacial score (nSPS) is 11.7. The number of aromatic nitrogens is 1. The number of nitrogens with zero attached hydrogens (tertiary/aromatic N) is 2. The molecule has 2 aromatic heterocycles. The molecule has 2 heterocycles. The summed E-state index contributed by atoms with van der Waals surface area (Å²) in [5, 5.41) is 10.5. The molecule has 0 spiro atoms. The maximum Gasteiger partial charge on any atom is 0.337 e. The van der Waals surface area contributed by atoms with Crippen molar-refractivity contribution in [3.05, 3.63) is 46.3 Å². The van der Waals surface area contributed by atoms with Crippen molar-refractivity contribution in [3.63, 3.8) is 0 Å². The first-order valence-electron chi connectivity index (χ1n) is 5.59. The number of rotatable bonds is 5. The maximum atomic E-state index is 12.3. The van der Waals surface area contributed by atoms with Gasteiger partial charge in [0.15, 0.2) is 5.03 Å². The molecule has 0 amide bonds. The lowest BCUT2D eigenvalue weighted by atomic mass is 10.3. The number of hydrogen-bond donors (Lipinski definition) is 1. The predicted octanol–water partition coefficient (Wildman–Crippen LogP) is 1.66. The van der Waals surface area contributed by atoms with Gasteiger partial charge in [-0.25, -0.2) is 18.2 Å². The van der Waals surface area contributed by atoms with Crippen molar-refractivity contribution in [2.75, 3.05) is 7.05 Å². The van der Waals surface area contributed by atoms with E-state index in [1.54, 1.807) is 0 Å². The lowest BCUT2D eigenvalue weighted by molar-refractivity contribution is 0.0696. The smallest absolute Gasteiger partial charge is 0.337 e. The molecule has 106 valence electrons. The molecule has 6 nitrogen and oxygen atoms in total. The molecule has 0 aliphatic heterocycles. The van der Waals surface area contributed by atoms with Crippen molar-refractivity contribution in [2.45, 2.75) is 11.6 Å². The Kier molecular flexibility index (Phi) is 4.17. The van der Waals surface area contributed by atoms with Gasteiger partial charge in [-0.2, -0.15) is 4.31 Å². The van der Waals surface area contributed by atoms with Gasteiger partial charge in [0, 0.05) is 24.7 Å². The topological polar surface area (TPSA) is 87.6 Å². The lowest BCUT2D eigenvalue weighted by Crippen LogP contribution is -2.27. The fourth-order valence-electron chi connectivity index (χ4n) is 1.53. The van der Waals surface area contributed by atoms with Gasteiger partial charge in [0.1, 0.15) is 0 Å². The summed E-state index contributed by atoms with van der Waals surface area (Å²) in [5.41, 5.74) is -0.0511. The second-order valence-electron chi connectivity index (χ2n) is 4.03. The highest BCUT2D eigenvalue weighted by atomic mass is 32.2. The van der Waals surface area contributed by atoms with Crippen LogP contribution in [0.2, 0.25) is 0 Å². The molecule has 0 fully saturated rings. The van der Waals surface area contributed by atoms with Crippen LogP contribution < -0.4 is 0 Å². The molecule has 0 aliphatic rings. The van der Waals surface area contributed by atoms with E-state index in [9.17, 15) is 13.2 Å². The van der Waals surface area contributed by atoms with Crippen LogP contribution in [0.25, 0.3) is 0 Å². The minimum atomic E-state index is -3.72. The zero-order valence-electron chi connectivity index (χ0n) is 10.6. The fraction of sp³-hybridized carbons (Fsp3) is 0.167. The average Bonchev–Trinajstić information content (AvgIpc) is 2.91. The number of carbonyl (C=O) groups is 1. The molecule has 0 radical (unpaired) electrons. The lowest BCUT2D eigenvalue weighted by Gasteiger charge is -2.15. The summed E-state index contributed by atoms with van der Waals surface area (Å²) < 4.78 is 25.7. The van der Waals surface area contributed by atoms with Crippen molar-refractivity contribution >= 4 is 27.3 Å². The number of aromatic carboxylic acids is 1. The third-order valence-electron chi connectivity index (χ3n) is 2.62. The molecule has 0 bridgehead atoms. The summed E-state index contributed by atoms with van der Waals surface area (Å²) in [6, 6.07) is 6.11. The molecule has 8 heteroatoms. The largest absolute Gasteiger partial charge is 0.478 e. The van der Waals surface area contributed by atoms with E-state index in [2.05, 4.69) is 4.98 Å². The minimum Gasteiger partial charge on any atom is -0.478 e. The summed E-state index contributed by atoms with van der Waals surface area (Å²) in [5.74, 6) is -1.15. The average molecular weight is 312 g/mol. The quantitative estimate of drug-likeness (QED) is 0.907. The van der Waals surface area contributed by atoms with E-state index >= 15 is 0 Å². The fourth-order valence-corrected chi connectivity index (χ4v) is 3.42. The molecule has 0 saturated carbocycles. The number of pyridine rings is 1. The van der Waals surface area contributed by atoms with Gasteiger partial charge in [-0.3, -0.25) is 0 Å². The third kappa shape index (κ3) is 3.03. The molecular formula is C12H12N2O4S2. The van der Waals surface area contributed by atoms with Gasteiger partial charge < -0.3 is 5.11 Å². The van der Waals surface area contributed by atoms with Crippen LogP contribution in [0.5, 0.6) is 0 Å². The van der Waals surface area contributed by atoms with Crippen molar-refractivity contribution < 1.29 is 18.3 Å². The van der Waals surface area contributed by atoms with E-state index in [0.717, 1.165) is 11.1 Å². The molecule has 2 aromatic rings. The van der Waals surface area contributed by atoms with Crippen LogP contribution in [0, 0.1) is 0 Å². The van der Waals surface area contributed by atoms with E-state index in [0.29, 0.717) is 0 Å². The van der Waals surface area contributed by atoms with Crippen molar-refractivity contribution in [1.29, 1.82) is 0 Å². The molecule has 0 atom stereocenters. The van der Waals surface area contributed by atoms with Crippen LogP contribution in [-0.2, 0) is 16.6 Å². The van der Waals surface area contributed by atoms with Crippen molar-refractivity contribution in [1.82, 2.24) is 9.29 Å². The van der Waals surface area contributed by atoms with Gasteiger partial charge in [0.2, 0.25) is 0 Å². The highest BCUT2D eigenvalue weighted by Gasteiger charge is 2.23. The van der Waals surface area contributed by atoms with E-state index in [1.165, 1.54) is 34.8 Å². The Morgan fingerprint density at radius 2 is 2.15 bits per heavy atom. The summed E-state index contributed by atoms with van der Waals surface area (Å²) in [7, 11) is -2.26. The highest BCUT2D eigenvalue weighted by molar-refractivity contribution is 7.89. The first-order valence-corrected chi connectivity index (χ1v) is 7.91. The van der Waals surface area contributed by atoms with Crippen LogP contribution in [0.1, 0.15) is 15.2 Å². The number of carboxylic acids is 1. The van der Waals surface area contributed by atoms with E-state index in [1.807, 2.05) is 17.5 Å². The Hall–Kier alpha value is -1.77. The van der Waals surface area contributed by atoms with Gasteiger partial charge >= 0.3 is 5.97 Å². The van der Waals surface area contributed by atoms with Gasteiger partial charge in [-0.1, -0.05) is 6.07 Å². The molecule has 0 unspecified atom stereocenters. The predicted molar refractivity (Wildman–Crippen MR) is 74.2 cm³/mol. The van der Waals surface area contributed by atoms with E-state index < -0.39 is 16.0 Å². The van der Waals surface area contributed by atoms with E-state index in [4.69, 9.17) is 5.11 Å². The zero-order chi connectivity index (χ0) is 14.8. The number of carboxylic acid groups (broad SMARTS) is 1. The van der Waals surface area contributed by atoms with Gasteiger partial charge in [-0.15, -0.1) is 11.3 Å². The Morgan fingerprint density at radius 1 is 1.40 bits per heavy atom. The summed E-state index contributed by atoms with van der Waals surface area (Å²) in [4.78, 5) is 15.3. The van der Waals surface area contributed by atoms with Crippen LogP contribution in [0.4, 0.5) is 0 Å². The molecule has 0 aliphatic carbocycles. The molecule has 20 heavy (non-hydrogen) atoms. The molecule has 0 saturated heterocycles. The second-order valence-corrected chi connectivity index (χ2v) is 7.05. The summed E-state index contributed by atoms with van der Waals surface area (Å²) >= 11 is 1.46. The SMILES string of the molecule is CN(Cc1cccs1)S(=O)(=O)c1ccc(C(=O)O)cn1. The first-order chi connectivity index (χ1) is 9.41. The van der Waals surface area contributed by atoms with Gasteiger partial charge in [-0.05, 0) is 23.6 Å². The van der Waals surface area contributed by atoms with Crippen LogP contribution in [0.3, 0.4) is 0 Å². The Labute approximate surface area is 120 Å². The maximum absolute atomic E-state index is 12.3. The standard InChI is InChI=1S/C12H12N2O4S2/c1-14(8-10-3-2-6-19-10)20(17,18)11-5-4-9(7-13-11)12(15)16/h2-7H,8H2,1H3,(H,15,16). The van der Waals surface area contributed by atoms with E-state index in [-0.39, 0.29) is 17.1 Å². The Morgan fingerprint density at radius 3 is 2.65 bits per heavy atom. The van der Waals surface area contributed by atoms with Crippen LogP contribution in [0.15, 0.2) is 40.9 Å². The summed E-state index contributed by atoms with van der Waals surface area (Å²) in [6.45, 7) is 0.252. The Bertz CT molecular complexity index is 694. The molecule has 0 aromatic carbocycles. The Balaban J connectivity index is 2.23. The van der Waals surface area contributed by atoms with Gasteiger partial charge in [0.25, 0.3) is 10.0 Å². The molecular weight excluding hydrogens is 300 g/mol. The van der Waals surface area contributed by atoms with Crippen molar-refractivity contribution in [2.24, 2.45) is 0 Å². The van der Waals surface area contributed by atoms with Crippen LogP contribution >= 0.6 is 11.3 Å². The monoisotopic (exact) mass is 312 g/mol. The second kappa shape index (κ2) is 5.70. The third-order valence-corrected chi connectivity index (χ3v) is 5.20. The minimum absolute atomic E-state index is 0.0511. The molecule has 1 N–H and O–H groups in total. The van der Waals surface area contributed by atoms with Crippen LogP contribution in [-0.4, -0.2) is 35.8 Å². The summed E-state index contributed by atoms with van der Waals surface area (Å²) in [6.07, 6.45) is 1.04. The number of thiophene rings is 1. The zero-order valence-corrected chi connectivity index (χ0v) is 12.2. The molecule has 2 rings (SSSR count). The number of hydrogen-bond acceptors (Lipinski definition) is 5. The van der Waals surface area contributed by atoms with Crippen molar-refractivity contribution in [3.8, 4) is 0 Å².